The van der Waals surface area contributed by atoms with E-state index in [0.717, 1.165) is 34.8 Å². The molecule has 0 radical (unpaired) electrons. The Kier molecular flexibility index (Phi) is 4.62. The molecule has 0 spiro atoms. The van der Waals surface area contributed by atoms with Crippen molar-refractivity contribution in [2.75, 3.05) is 6.61 Å². The van der Waals surface area contributed by atoms with Crippen molar-refractivity contribution in [2.24, 2.45) is 0 Å². The molecule has 0 aliphatic rings. The van der Waals surface area contributed by atoms with E-state index in [0.29, 0.717) is 6.61 Å². The second kappa shape index (κ2) is 6.71. The molecule has 0 saturated heterocycles. The minimum Gasteiger partial charge on any atom is -0.494 e. The normalized spacial score (nSPS) is 11.1. The fraction of sp³-hybridized carbons (Fsp3) is 0.333. The van der Waals surface area contributed by atoms with Gasteiger partial charge in [-0.15, -0.1) is 0 Å². The zero-order valence-corrected chi connectivity index (χ0v) is 15.7. The predicted molar refractivity (Wildman–Crippen MR) is 103 cm³/mol. The molecule has 0 aliphatic carbocycles. The molecular weight excluding hydrogens is 310 g/mol. The third kappa shape index (κ3) is 3.04. The van der Waals surface area contributed by atoms with E-state index in [4.69, 9.17) is 4.74 Å². The second-order valence-electron chi connectivity index (χ2n) is 6.55. The minimum absolute atomic E-state index is 0.672. The standard InChI is InChI=1S/C21H25N3O/c1-7-25-18-10-8-17(9-11-18)24-15(5)20-14(4)22-23-19(12-13(2)3)21(20)16(24)6/h8-11H,2,7,12H2,1,3-6H3. The summed E-state index contributed by atoms with van der Waals surface area (Å²) in [5, 5.41) is 11.2. The maximum Gasteiger partial charge on any atom is 0.119 e. The molecule has 2 aromatic heterocycles. The number of aryl methyl sites for hydroxylation is 3. The summed E-state index contributed by atoms with van der Waals surface area (Å²) in [6.07, 6.45) is 0.747. The van der Waals surface area contributed by atoms with Gasteiger partial charge in [-0.1, -0.05) is 12.2 Å². The van der Waals surface area contributed by atoms with E-state index in [2.05, 4.69) is 47.3 Å². The van der Waals surface area contributed by atoms with Crippen LogP contribution in [0, 0.1) is 20.8 Å². The highest BCUT2D eigenvalue weighted by Crippen LogP contribution is 2.32. The summed E-state index contributed by atoms with van der Waals surface area (Å²) >= 11 is 0. The Labute approximate surface area is 149 Å². The van der Waals surface area contributed by atoms with E-state index in [1.165, 1.54) is 22.2 Å². The van der Waals surface area contributed by atoms with Crippen LogP contribution in [0.2, 0.25) is 0 Å². The van der Waals surface area contributed by atoms with Crippen LogP contribution in [0.15, 0.2) is 36.4 Å². The van der Waals surface area contributed by atoms with Gasteiger partial charge in [-0.3, -0.25) is 0 Å². The highest BCUT2D eigenvalue weighted by Gasteiger charge is 2.19. The molecule has 0 amide bonds. The molecule has 3 rings (SSSR count). The van der Waals surface area contributed by atoms with Gasteiger partial charge in [-0.2, -0.15) is 10.2 Å². The number of fused-ring (bicyclic) bond motifs is 1. The highest BCUT2D eigenvalue weighted by atomic mass is 16.5. The molecular formula is C21H25N3O. The largest absolute Gasteiger partial charge is 0.494 e. The lowest BCUT2D eigenvalue weighted by Crippen LogP contribution is -2.00. The first kappa shape index (κ1) is 17.2. The van der Waals surface area contributed by atoms with Gasteiger partial charge in [0.1, 0.15) is 5.75 Å². The molecule has 0 unspecified atom stereocenters. The second-order valence-corrected chi connectivity index (χ2v) is 6.55. The average molecular weight is 335 g/mol. The van der Waals surface area contributed by atoms with Gasteiger partial charge in [0.2, 0.25) is 0 Å². The summed E-state index contributed by atoms with van der Waals surface area (Å²) in [6.45, 7) is 15.0. The van der Waals surface area contributed by atoms with Crippen molar-refractivity contribution in [1.82, 2.24) is 14.8 Å². The molecule has 0 aliphatic heterocycles. The van der Waals surface area contributed by atoms with Gasteiger partial charge >= 0.3 is 0 Å². The molecule has 1 aromatic carbocycles. The summed E-state index contributed by atoms with van der Waals surface area (Å²) in [7, 11) is 0. The molecule has 3 aromatic rings. The van der Waals surface area contributed by atoms with Crippen LogP contribution in [-0.2, 0) is 6.42 Å². The third-order valence-electron chi connectivity index (χ3n) is 4.49. The Bertz CT molecular complexity index is 936. The van der Waals surface area contributed by atoms with Crippen LogP contribution in [0.25, 0.3) is 16.5 Å². The number of allylic oxidation sites excluding steroid dienone is 1. The quantitative estimate of drug-likeness (QED) is 0.625. The molecule has 25 heavy (non-hydrogen) atoms. The Balaban J connectivity index is 2.22. The van der Waals surface area contributed by atoms with Crippen molar-refractivity contribution in [2.45, 2.75) is 41.0 Å². The highest BCUT2D eigenvalue weighted by molar-refractivity contribution is 5.92. The fourth-order valence-corrected chi connectivity index (χ4v) is 3.52. The van der Waals surface area contributed by atoms with Gasteiger partial charge < -0.3 is 9.30 Å². The van der Waals surface area contributed by atoms with E-state index < -0.39 is 0 Å². The van der Waals surface area contributed by atoms with Crippen LogP contribution in [0.5, 0.6) is 5.75 Å². The summed E-state index contributed by atoms with van der Waals surface area (Å²) in [6, 6.07) is 8.22. The minimum atomic E-state index is 0.672. The van der Waals surface area contributed by atoms with E-state index in [9.17, 15) is 0 Å². The van der Waals surface area contributed by atoms with E-state index in [-0.39, 0.29) is 0 Å². The van der Waals surface area contributed by atoms with Crippen molar-refractivity contribution in [3.63, 3.8) is 0 Å². The van der Waals surface area contributed by atoms with Crippen LogP contribution in [0.1, 0.15) is 36.6 Å². The predicted octanol–water partition coefficient (Wildman–Crippen LogP) is 4.86. The number of rotatable bonds is 5. The molecule has 0 fully saturated rings. The smallest absolute Gasteiger partial charge is 0.119 e. The Morgan fingerprint density at radius 3 is 2.28 bits per heavy atom. The molecule has 0 bridgehead atoms. The van der Waals surface area contributed by atoms with Gasteiger partial charge in [0, 0.05) is 34.3 Å². The lowest BCUT2D eigenvalue weighted by atomic mass is 10.1. The molecule has 4 nitrogen and oxygen atoms in total. The summed E-state index contributed by atoms with van der Waals surface area (Å²) in [5.74, 6) is 0.890. The van der Waals surface area contributed by atoms with Crippen molar-refractivity contribution < 1.29 is 4.74 Å². The number of hydrogen-bond donors (Lipinski definition) is 0. The van der Waals surface area contributed by atoms with Crippen molar-refractivity contribution in [3.05, 3.63) is 59.2 Å². The summed E-state index contributed by atoms with van der Waals surface area (Å²) in [5.41, 5.74) is 6.54. The Morgan fingerprint density at radius 1 is 1.04 bits per heavy atom. The first-order chi connectivity index (χ1) is 11.9. The van der Waals surface area contributed by atoms with E-state index in [1.54, 1.807) is 0 Å². The number of benzene rings is 1. The Hall–Kier alpha value is -2.62. The molecule has 0 atom stereocenters. The van der Waals surface area contributed by atoms with Gasteiger partial charge in [-0.25, -0.2) is 0 Å². The van der Waals surface area contributed by atoms with Gasteiger partial charge in [0.05, 0.1) is 18.0 Å². The SMILES string of the molecule is C=C(C)Cc1nnc(C)c2c(C)n(-c3ccc(OCC)cc3)c(C)c12. The molecule has 0 saturated carbocycles. The number of nitrogens with zero attached hydrogens (tertiary/aromatic N) is 3. The number of aromatic nitrogens is 3. The molecule has 130 valence electrons. The van der Waals surface area contributed by atoms with Crippen LogP contribution in [-0.4, -0.2) is 21.4 Å². The molecule has 4 heteroatoms. The maximum atomic E-state index is 5.56. The van der Waals surface area contributed by atoms with E-state index >= 15 is 0 Å². The Morgan fingerprint density at radius 2 is 1.68 bits per heavy atom. The lowest BCUT2D eigenvalue weighted by Gasteiger charge is -2.11. The van der Waals surface area contributed by atoms with Gasteiger partial charge in [0.25, 0.3) is 0 Å². The van der Waals surface area contributed by atoms with Crippen molar-refractivity contribution in [3.8, 4) is 11.4 Å². The zero-order chi connectivity index (χ0) is 18.1. The molecule has 2 heterocycles. The van der Waals surface area contributed by atoms with Crippen LogP contribution >= 0.6 is 0 Å². The maximum absolute atomic E-state index is 5.56. The number of ether oxygens (including phenoxy) is 1. The first-order valence-corrected chi connectivity index (χ1v) is 8.65. The summed E-state index contributed by atoms with van der Waals surface area (Å²) < 4.78 is 7.84. The third-order valence-corrected chi connectivity index (χ3v) is 4.49. The topological polar surface area (TPSA) is 39.9 Å². The fourth-order valence-electron chi connectivity index (χ4n) is 3.52. The monoisotopic (exact) mass is 335 g/mol. The van der Waals surface area contributed by atoms with Crippen LogP contribution in [0.4, 0.5) is 0 Å². The average Bonchev–Trinajstić information content (AvgIpc) is 2.83. The van der Waals surface area contributed by atoms with Gasteiger partial charge in [-0.05, 0) is 58.9 Å². The van der Waals surface area contributed by atoms with Gasteiger partial charge in [0.15, 0.2) is 0 Å². The van der Waals surface area contributed by atoms with Crippen molar-refractivity contribution in [1.29, 1.82) is 0 Å². The van der Waals surface area contributed by atoms with Crippen LogP contribution in [0.3, 0.4) is 0 Å². The number of hydrogen-bond acceptors (Lipinski definition) is 3. The summed E-state index contributed by atoms with van der Waals surface area (Å²) in [4.78, 5) is 0. The van der Waals surface area contributed by atoms with Crippen molar-refractivity contribution >= 4 is 10.8 Å². The first-order valence-electron chi connectivity index (χ1n) is 8.65. The van der Waals surface area contributed by atoms with E-state index in [1.807, 2.05) is 32.9 Å². The zero-order valence-electron chi connectivity index (χ0n) is 15.7. The van der Waals surface area contributed by atoms with Crippen LogP contribution < -0.4 is 4.74 Å². The molecule has 0 N–H and O–H groups in total. The lowest BCUT2D eigenvalue weighted by molar-refractivity contribution is 0.340.